The molecule has 0 bridgehead atoms. The molecule has 0 radical (unpaired) electrons. The summed E-state index contributed by atoms with van der Waals surface area (Å²) in [4.78, 5) is 34.2. The molecule has 3 nitrogen and oxygen atoms in total. The topological polar surface area (TPSA) is 51.2 Å². The molecule has 0 spiro atoms. The van der Waals surface area contributed by atoms with Crippen LogP contribution in [0.4, 0.5) is 4.39 Å². The van der Waals surface area contributed by atoms with Gasteiger partial charge in [-0.25, -0.2) is 0 Å². The average Bonchev–Trinajstić information content (AvgIpc) is 2.68. The molecule has 2 fully saturated rings. The number of halogens is 1. The molecule has 2 saturated carbocycles. The van der Waals surface area contributed by atoms with Crippen LogP contribution in [0.15, 0.2) is 0 Å². The Morgan fingerprint density at radius 1 is 1.15 bits per heavy atom. The summed E-state index contributed by atoms with van der Waals surface area (Å²) in [6.45, 7) is 5.80. The molecule has 20 heavy (non-hydrogen) atoms. The van der Waals surface area contributed by atoms with E-state index in [9.17, 15) is 18.8 Å². The van der Waals surface area contributed by atoms with Gasteiger partial charge in [0.05, 0.1) is 5.92 Å². The molecule has 0 N–H and O–H groups in total. The fourth-order valence-electron chi connectivity index (χ4n) is 3.25. The molecule has 2 rings (SSSR count). The molecule has 0 aliphatic heterocycles. The lowest BCUT2D eigenvalue weighted by atomic mass is 9.77. The second-order valence-corrected chi connectivity index (χ2v) is 5.78. The predicted molar refractivity (Wildman–Crippen MR) is 74.8 cm³/mol. The summed E-state index contributed by atoms with van der Waals surface area (Å²) in [5.41, 5.74) is 0. The van der Waals surface area contributed by atoms with Crippen LogP contribution < -0.4 is 0 Å². The minimum Gasteiger partial charge on any atom is -0.299 e. The molecule has 0 aromatic carbocycles. The molecule has 0 heterocycles. The Morgan fingerprint density at radius 2 is 1.70 bits per heavy atom. The van der Waals surface area contributed by atoms with E-state index in [2.05, 4.69) is 0 Å². The van der Waals surface area contributed by atoms with Gasteiger partial charge in [0.15, 0.2) is 0 Å². The molecule has 0 aromatic rings. The summed E-state index contributed by atoms with van der Waals surface area (Å²) in [5, 5.41) is 0. The highest BCUT2D eigenvalue weighted by Gasteiger charge is 2.40. The van der Waals surface area contributed by atoms with Gasteiger partial charge in [0, 0.05) is 18.3 Å². The van der Waals surface area contributed by atoms with Crippen LogP contribution in [0.2, 0.25) is 0 Å². The third-order valence-corrected chi connectivity index (χ3v) is 4.46. The lowest BCUT2D eigenvalue weighted by Crippen LogP contribution is -2.24. The Balaban J connectivity index is 0.000000956. The third-order valence-electron chi connectivity index (χ3n) is 4.46. The van der Waals surface area contributed by atoms with Crippen LogP contribution in [-0.2, 0) is 14.4 Å². The van der Waals surface area contributed by atoms with Gasteiger partial charge >= 0.3 is 6.04 Å². The van der Waals surface area contributed by atoms with E-state index in [-0.39, 0.29) is 17.5 Å². The van der Waals surface area contributed by atoms with Crippen LogP contribution in [-0.4, -0.2) is 17.6 Å². The molecule has 2 unspecified atom stereocenters. The van der Waals surface area contributed by atoms with Crippen LogP contribution in [0, 0.1) is 23.7 Å². The molecule has 0 aromatic heterocycles. The van der Waals surface area contributed by atoms with Crippen LogP contribution in [0.25, 0.3) is 0 Å². The van der Waals surface area contributed by atoms with Gasteiger partial charge in [0.1, 0.15) is 11.6 Å². The second kappa shape index (κ2) is 7.65. The van der Waals surface area contributed by atoms with Crippen LogP contribution in [0.5, 0.6) is 0 Å². The highest BCUT2D eigenvalue weighted by atomic mass is 19.1. The maximum absolute atomic E-state index is 12.5. The summed E-state index contributed by atoms with van der Waals surface area (Å²) in [7, 11) is 0. The first kappa shape index (κ1) is 17.0. The Bertz CT molecular complexity index is 370. The van der Waals surface area contributed by atoms with E-state index in [4.69, 9.17) is 0 Å². The van der Waals surface area contributed by atoms with Crippen molar-refractivity contribution < 1.29 is 18.8 Å². The van der Waals surface area contributed by atoms with Gasteiger partial charge < -0.3 is 0 Å². The lowest BCUT2D eigenvalue weighted by Gasteiger charge is -2.27. The molecule has 2 aliphatic rings. The quantitative estimate of drug-likeness (QED) is 0.588. The minimum atomic E-state index is -1.21. The molecule has 0 saturated heterocycles. The second-order valence-electron chi connectivity index (χ2n) is 5.78. The molecular weight excluding hydrogens is 259 g/mol. The number of ketones is 2. The van der Waals surface area contributed by atoms with Crippen molar-refractivity contribution >= 4 is 17.6 Å². The number of carbonyl (C=O) groups excluding carboxylic acids is 3. The van der Waals surface area contributed by atoms with E-state index in [0.717, 1.165) is 12.8 Å². The van der Waals surface area contributed by atoms with Gasteiger partial charge in [-0.15, -0.1) is 0 Å². The maximum Gasteiger partial charge on any atom is 0.304 e. The first-order valence-corrected chi connectivity index (χ1v) is 7.74. The zero-order chi connectivity index (χ0) is 15.3. The van der Waals surface area contributed by atoms with E-state index in [1.165, 1.54) is 0 Å². The summed E-state index contributed by atoms with van der Waals surface area (Å²) < 4.78 is 12.5. The normalized spacial score (nSPS) is 33.6. The van der Waals surface area contributed by atoms with Crippen molar-refractivity contribution in [3.05, 3.63) is 0 Å². The van der Waals surface area contributed by atoms with Gasteiger partial charge in [0.25, 0.3) is 0 Å². The molecule has 0 amide bonds. The number of carbonyl (C=O) groups is 3. The lowest BCUT2D eigenvalue weighted by molar-refractivity contribution is -0.135. The van der Waals surface area contributed by atoms with Gasteiger partial charge in [-0.3, -0.25) is 14.4 Å². The highest BCUT2D eigenvalue weighted by Crippen LogP contribution is 2.36. The van der Waals surface area contributed by atoms with Crippen LogP contribution >= 0.6 is 0 Å². The standard InChI is InChI=1S/C14H19FO3.C2H6/c1-8-6-12(16)11(13(8)17)7-9-2-4-10(5-3-9)14(15)18;1-2/h8-11H,2-7H2,1H3;1-2H3. The Kier molecular flexibility index (Phi) is 6.50. The maximum atomic E-state index is 12.5. The monoisotopic (exact) mass is 284 g/mol. The molecule has 114 valence electrons. The van der Waals surface area contributed by atoms with E-state index in [0.29, 0.717) is 31.6 Å². The van der Waals surface area contributed by atoms with Gasteiger partial charge in [-0.1, -0.05) is 20.8 Å². The average molecular weight is 284 g/mol. The zero-order valence-electron chi connectivity index (χ0n) is 12.7. The number of rotatable bonds is 3. The van der Waals surface area contributed by atoms with Crippen LogP contribution in [0.3, 0.4) is 0 Å². The van der Waals surface area contributed by atoms with Crippen LogP contribution in [0.1, 0.15) is 59.3 Å². The van der Waals surface area contributed by atoms with Crippen molar-refractivity contribution in [1.82, 2.24) is 0 Å². The molecule has 2 atom stereocenters. The molecule has 2 aliphatic carbocycles. The fraction of sp³-hybridized carbons (Fsp3) is 0.812. The smallest absolute Gasteiger partial charge is 0.299 e. The zero-order valence-corrected chi connectivity index (χ0v) is 12.7. The number of Topliss-reactive ketones (excluding diaryl/α,β-unsaturated/α-hetero) is 2. The van der Waals surface area contributed by atoms with E-state index >= 15 is 0 Å². The number of hydrogen-bond donors (Lipinski definition) is 0. The van der Waals surface area contributed by atoms with Crippen molar-refractivity contribution in [1.29, 1.82) is 0 Å². The summed E-state index contributed by atoms with van der Waals surface area (Å²) in [5.74, 6) is -0.576. The first-order valence-electron chi connectivity index (χ1n) is 7.74. The van der Waals surface area contributed by atoms with Gasteiger partial charge in [-0.05, 0) is 38.0 Å². The summed E-state index contributed by atoms with van der Waals surface area (Å²) in [6.07, 6.45) is 3.61. The molecular formula is C16H25FO3. The SMILES string of the molecule is CC.CC1CC(=O)C(CC2CCC(C(=O)F)CC2)C1=O. The van der Waals surface area contributed by atoms with Crippen molar-refractivity contribution in [3.8, 4) is 0 Å². The van der Waals surface area contributed by atoms with Crippen molar-refractivity contribution in [2.75, 3.05) is 0 Å². The fourth-order valence-corrected chi connectivity index (χ4v) is 3.25. The Hall–Kier alpha value is -1.06. The van der Waals surface area contributed by atoms with Crippen molar-refractivity contribution in [2.45, 2.75) is 59.3 Å². The van der Waals surface area contributed by atoms with E-state index in [1.807, 2.05) is 13.8 Å². The summed E-state index contributed by atoms with van der Waals surface area (Å²) in [6, 6.07) is -1.21. The molecule has 4 heteroatoms. The minimum absolute atomic E-state index is 0.0659. The van der Waals surface area contributed by atoms with E-state index in [1.54, 1.807) is 6.92 Å². The third kappa shape index (κ3) is 3.97. The van der Waals surface area contributed by atoms with Crippen molar-refractivity contribution in [2.24, 2.45) is 23.7 Å². The van der Waals surface area contributed by atoms with E-state index < -0.39 is 17.9 Å². The largest absolute Gasteiger partial charge is 0.304 e. The predicted octanol–water partition coefficient (Wildman–Crippen LogP) is 3.50. The Labute approximate surface area is 120 Å². The van der Waals surface area contributed by atoms with Gasteiger partial charge in [-0.2, -0.15) is 4.39 Å². The highest BCUT2D eigenvalue weighted by molar-refractivity contribution is 6.09. The first-order chi connectivity index (χ1) is 9.49. The van der Waals surface area contributed by atoms with Gasteiger partial charge in [0.2, 0.25) is 0 Å². The summed E-state index contributed by atoms with van der Waals surface area (Å²) >= 11 is 0. The Morgan fingerprint density at radius 3 is 2.10 bits per heavy atom. The van der Waals surface area contributed by atoms with Crippen molar-refractivity contribution in [3.63, 3.8) is 0 Å². The number of hydrogen-bond acceptors (Lipinski definition) is 3.